The monoisotopic (exact) mass is 295 g/mol. The van der Waals surface area contributed by atoms with Crippen LogP contribution in [0.1, 0.15) is 40.0 Å². The van der Waals surface area contributed by atoms with E-state index in [0.717, 1.165) is 38.0 Å². The lowest BCUT2D eigenvalue weighted by molar-refractivity contribution is -0.132. The van der Waals surface area contributed by atoms with E-state index in [0.29, 0.717) is 12.3 Å². The van der Waals surface area contributed by atoms with Gasteiger partial charge in [0, 0.05) is 45.7 Å². The SMILES string of the molecule is CCC(=O)N1CCN(CC2CCN(CC(C)C)CC2)CC1. The molecular weight excluding hydrogens is 262 g/mol. The van der Waals surface area contributed by atoms with Crippen molar-refractivity contribution >= 4 is 5.91 Å². The van der Waals surface area contributed by atoms with Gasteiger partial charge in [-0.25, -0.2) is 0 Å². The third-order valence-electron chi connectivity index (χ3n) is 4.87. The van der Waals surface area contributed by atoms with Crippen LogP contribution in [0, 0.1) is 11.8 Å². The highest BCUT2D eigenvalue weighted by atomic mass is 16.2. The fourth-order valence-electron chi connectivity index (χ4n) is 3.64. The van der Waals surface area contributed by atoms with Crippen molar-refractivity contribution < 1.29 is 4.79 Å². The van der Waals surface area contributed by atoms with E-state index in [1.165, 1.54) is 39.0 Å². The van der Waals surface area contributed by atoms with Gasteiger partial charge in [0.2, 0.25) is 5.91 Å². The van der Waals surface area contributed by atoms with Crippen LogP contribution in [0.4, 0.5) is 0 Å². The van der Waals surface area contributed by atoms with Gasteiger partial charge in [-0.1, -0.05) is 20.8 Å². The predicted molar refractivity (Wildman–Crippen MR) is 87.3 cm³/mol. The second-order valence-corrected chi connectivity index (χ2v) is 7.17. The topological polar surface area (TPSA) is 26.8 Å². The van der Waals surface area contributed by atoms with Crippen molar-refractivity contribution in [1.82, 2.24) is 14.7 Å². The van der Waals surface area contributed by atoms with Crippen LogP contribution in [-0.2, 0) is 4.79 Å². The van der Waals surface area contributed by atoms with Crippen LogP contribution in [0.25, 0.3) is 0 Å². The molecule has 21 heavy (non-hydrogen) atoms. The van der Waals surface area contributed by atoms with E-state index >= 15 is 0 Å². The van der Waals surface area contributed by atoms with Gasteiger partial charge in [-0.3, -0.25) is 9.69 Å². The summed E-state index contributed by atoms with van der Waals surface area (Å²) in [5.41, 5.74) is 0. The second-order valence-electron chi connectivity index (χ2n) is 7.17. The smallest absolute Gasteiger partial charge is 0.222 e. The molecule has 0 N–H and O–H groups in total. The van der Waals surface area contributed by atoms with E-state index in [2.05, 4.69) is 23.6 Å². The molecule has 0 saturated carbocycles. The Morgan fingerprint density at radius 3 is 2.14 bits per heavy atom. The summed E-state index contributed by atoms with van der Waals surface area (Å²) in [4.78, 5) is 18.9. The van der Waals surface area contributed by atoms with Crippen LogP contribution < -0.4 is 0 Å². The van der Waals surface area contributed by atoms with E-state index in [1.54, 1.807) is 0 Å². The summed E-state index contributed by atoms with van der Waals surface area (Å²) in [6.07, 6.45) is 3.34. The molecule has 0 aromatic carbocycles. The molecule has 2 heterocycles. The molecule has 0 radical (unpaired) electrons. The first-order valence-electron chi connectivity index (χ1n) is 8.81. The molecule has 0 aromatic heterocycles. The maximum absolute atomic E-state index is 11.7. The lowest BCUT2D eigenvalue weighted by Gasteiger charge is -2.39. The highest BCUT2D eigenvalue weighted by Gasteiger charge is 2.25. The molecule has 2 aliphatic rings. The molecule has 0 bridgehead atoms. The van der Waals surface area contributed by atoms with Crippen LogP contribution >= 0.6 is 0 Å². The zero-order valence-corrected chi connectivity index (χ0v) is 14.2. The number of carbonyl (C=O) groups is 1. The fraction of sp³-hybridized carbons (Fsp3) is 0.941. The van der Waals surface area contributed by atoms with E-state index in [9.17, 15) is 4.79 Å². The average Bonchev–Trinajstić information content (AvgIpc) is 2.49. The summed E-state index contributed by atoms with van der Waals surface area (Å²) in [6, 6.07) is 0. The van der Waals surface area contributed by atoms with Crippen LogP contribution in [0.3, 0.4) is 0 Å². The van der Waals surface area contributed by atoms with E-state index in [1.807, 2.05) is 11.8 Å². The van der Waals surface area contributed by atoms with Crippen molar-refractivity contribution in [2.75, 3.05) is 52.4 Å². The predicted octanol–water partition coefficient (Wildman–Crippen LogP) is 1.91. The number of piperazine rings is 1. The second kappa shape index (κ2) is 8.14. The molecule has 4 nitrogen and oxygen atoms in total. The molecule has 0 aliphatic carbocycles. The molecule has 2 aliphatic heterocycles. The highest BCUT2D eigenvalue weighted by Crippen LogP contribution is 2.20. The summed E-state index contributed by atoms with van der Waals surface area (Å²) >= 11 is 0. The minimum atomic E-state index is 0.316. The maximum Gasteiger partial charge on any atom is 0.222 e. The Bertz CT molecular complexity index is 316. The number of nitrogens with zero attached hydrogens (tertiary/aromatic N) is 3. The summed E-state index contributed by atoms with van der Waals surface area (Å²) in [7, 11) is 0. The molecule has 1 amide bonds. The van der Waals surface area contributed by atoms with Crippen molar-refractivity contribution in [3.63, 3.8) is 0 Å². The summed E-state index contributed by atoms with van der Waals surface area (Å²) < 4.78 is 0. The number of carbonyl (C=O) groups excluding carboxylic acids is 1. The average molecular weight is 295 g/mol. The lowest BCUT2D eigenvalue weighted by atomic mass is 9.95. The normalized spacial score (nSPS) is 23.0. The molecular formula is C17H33N3O. The van der Waals surface area contributed by atoms with Gasteiger partial charge in [-0.15, -0.1) is 0 Å². The number of hydrogen-bond donors (Lipinski definition) is 0. The van der Waals surface area contributed by atoms with E-state index in [4.69, 9.17) is 0 Å². The van der Waals surface area contributed by atoms with Crippen molar-refractivity contribution in [3.8, 4) is 0 Å². The van der Waals surface area contributed by atoms with Crippen molar-refractivity contribution in [1.29, 1.82) is 0 Å². The fourth-order valence-corrected chi connectivity index (χ4v) is 3.64. The van der Waals surface area contributed by atoms with Gasteiger partial charge in [0.15, 0.2) is 0 Å². The zero-order valence-electron chi connectivity index (χ0n) is 14.2. The Labute approximate surface area is 130 Å². The first kappa shape index (κ1) is 16.8. The van der Waals surface area contributed by atoms with Crippen molar-refractivity contribution in [3.05, 3.63) is 0 Å². The first-order chi connectivity index (χ1) is 10.1. The molecule has 0 spiro atoms. The van der Waals surface area contributed by atoms with Gasteiger partial charge < -0.3 is 9.80 Å². The van der Waals surface area contributed by atoms with Gasteiger partial charge in [-0.2, -0.15) is 0 Å². The standard InChI is InChI=1S/C17H33N3O/c1-4-17(21)20-11-9-19(10-12-20)14-16-5-7-18(8-6-16)13-15(2)3/h15-16H,4-14H2,1-3H3. The highest BCUT2D eigenvalue weighted by molar-refractivity contribution is 5.75. The molecule has 2 fully saturated rings. The minimum Gasteiger partial charge on any atom is -0.340 e. The van der Waals surface area contributed by atoms with Gasteiger partial charge in [0.05, 0.1) is 0 Å². The molecule has 122 valence electrons. The maximum atomic E-state index is 11.7. The lowest BCUT2D eigenvalue weighted by Crippen LogP contribution is -2.50. The zero-order chi connectivity index (χ0) is 15.2. The summed E-state index contributed by atoms with van der Waals surface area (Å²) in [5.74, 6) is 1.96. The van der Waals surface area contributed by atoms with Crippen LogP contribution in [0.5, 0.6) is 0 Å². The van der Waals surface area contributed by atoms with E-state index in [-0.39, 0.29) is 0 Å². The quantitative estimate of drug-likeness (QED) is 0.775. The number of piperidine rings is 1. The largest absolute Gasteiger partial charge is 0.340 e. The number of hydrogen-bond acceptors (Lipinski definition) is 3. The van der Waals surface area contributed by atoms with Crippen molar-refractivity contribution in [2.45, 2.75) is 40.0 Å². The molecule has 0 atom stereocenters. The van der Waals surface area contributed by atoms with Crippen LogP contribution in [-0.4, -0.2) is 73.0 Å². The Hall–Kier alpha value is -0.610. The van der Waals surface area contributed by atoms with Gasteiger partial charge in [0.25, 0.3) is 0 Å². The molecule has 4 heteroatoms. The third kappa shape index (κ3) is 5.26. The number of amides is 1. The minimum absolute atomic E-state index is 0.316. The van der Waals surface area contributed by atoms with Gasteiger partial charge in [0.1, 0.15) is 0 Å². The van der Waals surface area contributed by atoms with Gasteiger partial charge >= 0.3 is 0 Å². The Morgan fingerprint density at radius 2 is 1.62 bits per heavy atom. The van der Waals surface area contributed by atoms with Crippen LogP contribution in [0.15, 0.2) is 0 Å². The number of rotatable bonds is 5. The van der Waals surface area contributed by atoms with E-state index < -0.39 is 0 Å². The van der Waals surface area contributed by atoms with Gasteiger partial charge in [-0.05, 0) is 37.8 Å². The molecule has 0 aromatic rings. The number of likely N-dealkylation sites (tertiary alicyclic amines) is 1. The summed E-state index contributed by atoms with van der Waals surface area (Å²) in [6.45, 7) is 15.6. The third-order valence-corrected chi connectivity index (χ3v) is 4.87. The molecule has 0 unspecified atom stereocenters. The molecule has 2 rings (SSSR count). The molecule has 2 saturated heterocycles. The summed E-state index contributed by atoms with van der Waals surface area (Å²) in [5, 5.41) is 0. The Kier molecular flexibility index (Phi) is 6.49. The first-order valence-corrected chi connectivity index (χ1v) is 8.81. The van der Waals surface area contributed by atoms with Crippen LogP contribution in [0.2, 0.25) is 0 Å². The van der Waals surface area contributed by atoms with Crippen molar-refractivity contribution in [2.24, 2.45) is 11.8 Å². The Morgan fingerprint density at radius 1 is 1.00 bits per heavy atom. The Balaban J connectivity index is 1.65.